The van der Waals surface area contributed by atoms with E-state index in [1.807, 2.05) is 51.1 Å². The van der Waals surface area contributed by atoms with E-state index in [0.717, 1.165) is 47.6 Å². The Labute approximate surface area is 234 Å². The highest BCUT2D eigenvalue weighted by atomic mass is 16.6. The first-order chi connectivity index (χ1) is 19.1. The van der Waals surface area contributed by atoms with Crippen molar-refractivity contribution >= 4 is 40.0 Å². The van der Waals surface area contributed by atoms with Gasteiger partial charge in [-0.05, 0) is 82.1 Å². The molecular formula is C30H40N4O6. The number of aromatic nitrogens is 1. The number of likely N-dealkylation sites (tertiary alicyclic amines) is 1. The second-order valence-corrected chi connectivity index (χ2v) is 11.4. The maximum atomic E-state index is 12.3. The number of rotatable bonds is 10. The van der Waals surface area contributed by atoms with Gasteiger partial charge in [0, 0.05) is 39.1 Å². The average molecular weight is 553 g/mol. The second kappa shape index (κ2) is 12.7. The summed E-state index contributed by atoms with van der Waals surface area (Å²) in [6.45, 7) is 8.31. The summed E-state index contributed by atoms with van der Waals surface area (Å²) in [6, 6.07) is 10.0. The number of benzene rings is 2. The number of ether oxygens (including phenoxy) is 2. The van der Waals surface area contributed by atoms with Gasteiger partial charge in [-0.3, -0.25) is 9.69 Å². The fraction of sp³-hybridized carbons (Fsp3) is 0.533. The zero-order valence-electron chi connectivity index (χ0n) is 24.1. The third-order valence-electron chi connectivity index (χ3n) is 7.38. The lowest BCUT2D eigenvalue weighted by molar-refractivity contribution is -0.120. The van der Waals surface area contributed by atoms with Crippen molar-refractivity contribution < 1.29 is 28.4 Å². The number of likely N-dealkylation sites (N-methyl/N-ethyl adjacent to an activating group) is 1. The molecule has 1 fully saturated rings. The summed E-state index contributed by atoms with van der Waals surface area (Å²) in [5.74, 6) is 0.0966. The largest absolute Gasteiger partial charge is 0.492 e. The molecule has 1 aromatic heterocycles. The molecule has 4 rings (SSSR count). The van der Waals surface area contributed by atoms with Crippen molar-refractivity contribution in [3.63, 3.8) is 0 Å². The van der Waals surface area contributed by atoms with E-state index in [9.17, 15) is 14.4 Å². The van der Waals surface area contributed by atoms with Crippen LogP contribution in [0.2, 0.25) is 0 Å². The van der Waals surface area contributed by atoms with Gasteiger partial charge in [-0.15, -0.1) is 0 Å². The SMILES string of the molecule is CNC(=O)CCC(C=O)c1noc2ccc3cc(OCCN(C)C4CCN(C(=O)OC(C)(C)C)CC4)ccc3c12. The van der Waals surface area contributed by atoms with Gasteiger partial charge in [0.1, 0.15) is 29.9 Å². The summed E-state index contributed by atoms with van der Waals surface area (Å²) in [5, 5.41) is 9.42. The third-order valence-corrected chi connectivity index (χ3v) is 7.38. The highest BCUT2D eigenvalue weighted by molar-refractivity contribution is 6.08. The van der Waals surface area contributed by atoms with E-state index in [0.29, 0.717) is 43.4 Å². The van der Waals surface area contributed by atoms with E-state index in [2.05, 4.69) is 22.4 Å². The minimum atomic E-state index is -0.536. The molecule has 10 heteroatoms. The molecule has 1 saturated heterocycles. The Bertz CT molecular complexity index is 1340. The predicted octanol–water partition coefficient (Wildman–Crippen LogP) is 4.50. The molecule has 1 unspecified atom stereocenters. The van der Waals surface area contributed by atoms with Gasteiger partial charge in [-0.25, -0.2) is 4.79 Å². The smallest absolute Gasteiger partial charge is 0.410 e. The van der Waals surface area contributed by atoms with Crippen LogP contribution in [-0.4, -0.2) is 85.2 Å². The van der Waals surface area contributed by atoms with Crippen LogP contribution in [0.25, 0.3) is 21.7 Å². The normalized spacial score (nSPS) is 15.4. The standard InChI is InChI=1S/C30H40N4O6/c1-30(2,3)39-29(37)34-14-12-22(13-15-34)33(5)16-17-38-23-8-9-24-20(18-23)6-10-25-27(24)28(32-40-25)21(19-35)7-11-26(36)31-4/h6,8-10,18-19,21-22H,7,11-17H2,1-5H3,(H,31,36). The topological polar surface area (TPSA) is 114 Å². The Morgan fingerprint density at radius 1 is 1.23 bits per heavy atom. The first kappa shape index (κ1) is 29.3. The Kier molecular flexibility index (Phi) is 9.29. The average Bonchev–Trinajstić information content (AvgIpc) is 3.36. The molecule has 216 valence electrons. The Balaban J connectivity index is 1.35. The summed E-state index contributed by atoms with van der Waals surface area (Å²) in [5.41, 5.74) is 0.662. The second-order valence-electron chi connectivity index (χ2n) is 11.4. The van der Waals surface area contributed by atoms with E-state index in [-0.39, 0.29) is 18.4 Å². The summed E-state index contributed by atoms with van der Waals surface area (Å²) >= 11 is 0. The Morgan fingerprint density at radius 2 is 1.98 bits per heavy atom. The molecular weight excluding hydrogens is 512 g/mol. The lowest BCUT2D eigenvalue weighted by Gasteiger charge is -2.37. The monoisotopic (exact) mass is 552 g/mol. The number of hydrogen-bond acceptors (Lipinski definition) is 8. The molecule has 1 aliphatic heterocycles. The van der Waals surface area contributed by atoms with Crippen LogP contribution >= 0.6 is 0 Å². The predicted molar refractivity (Wildman–Crippen MR) is 153 cm³/mol. The van der Waals surface area contributed by atoms with Crippen LogP contribution in [-0.2, 0) is 14.3 Å². The summed E-state index contributed by atoms with van der Waals surface area (Å²) in [4.78, 5) is 40.0. The van der Waals surface area contributed by atoms with E-state index >= 15 is 0 Å². The van der Waals surface area contributed by atoms with Crippen molar-refractivity contribution in [1.82, 2.24) is 20.3 Å². The molecule has 10 nitrogen and oxygen atoms in total. The summed E-state index contributed by atoms with van der Waals surface area (Å²) < 4.78 is 17.1. The zero-order chi connectivity index (χ0) is 28.9. The van der Waals surface area contributed by atoms with Crippen molar-refractivity contribution in [3.8, 4) is 5.75 Å². The fourth-order valence-corrected chi connectivity index (χ4v) is 5.10. The number of carbonyl (C=O) groups is 3. The molecule has 2 amide bonds. The van der Waals surface area contributed by atoms with Gasteiger partial charge in [0.05, 0.1) is 11.3 Å². The highest BCUT2D eigenvalue weighted by Crippen LogP contribution is 2.34. The molecule has 1 N–H and O–H groups in total. The highest BCUT2D eigenvalue weighted by Gasteiger charge is 2.28. The number of nitrogens with one attached hydrogen (secondary N) is 1. The summed E-state index contributed by atoms with van der Waals surface area (Å²) in [7, 11) is 3.67. The minimum absolute atomic E-state index is 0.122. The van der Waals surface area contributed by atoms with Crippen molar-refractivity contribution in [1.29, 1.82) is 0 Å². The van der Waals surface area contributed by atoms with Crippen LogP contribution < -0.4 is 10.1 Å². The van der Waals surface area contributed by atoms with E-state index in [1.165, 1.54) is 0 Å². The van der Waals surface area contributed by atoms with Gasteiger partial charge in [-0.2, -0.15) is 0 Å². The van der Waals surface area contributed by atoms with Crippen LogP contribution in [0.5, 0.6) is 5.75 Å². The van der Waals surface area contributed by atoms with Crippen LogP contribution in [0, 0.1) is 0 Å². The van der Waals surface area contributed by atoms with Crippen molar-refractivity contribution in [2.24, 2.45) is 0 Å². The number of piperidine rings is 1. The molecule has 2 heterocycles. The third kappa shape index (κ3) is 7.10. The maximum Gasteiger partial charge on any atom is 0.410 e. The van der Waals surface area contributed by atoms with Crippen LogP contribution in [0.15, 0.2) is 34.9 Å². The first-order valence-electron chi connectivity index (χ1n) is 13.9. The maximum absolute atomic E-state index is 12.3. The Morgan fingerprint density at radius 3 is 2.65 bits per heavy atom. The van der Waals surface area contributed by atoms with Crippen LogP contribution in [0.1, 0.15) is 58.1 Å². The molecule has 0 radical (unpaired) electrons. The van der Waals surface area contributed by atoms with E-state index in [1.54, 1.807) is 11.9 Å². The first-order valence-corrected chi connectivity index (χ1v) is 13.9. The zero-order valence-corrected chi connectivity index (χ0v) is 24.1. The van der Waals surface area contributed by atoms with Crippen LogP contribution in [0.3, 0.4) is 0 Å². The van der Waals surface area contributed by atoms with Crippen molar-refractivity contribution in [3.05, 3.63) is 36.0 Å². The molecule has 1 aliphatic rings. The van der Waals surface area contributed by atoms with Gasteiger partial charge < -0.3 is 29.0 Å². The van der Waals surface area contributed by atoms with Gasteiger partial charge in [-0.1, -0.05) is 11.2 Å². The molecule has 2 aromatic carbocycles. The number of amides is 2. The van der Waals surface area contributed by atoms with Crippen molar-refractivity contribution in [2.75, 3.05) is 40.3 Å². The fourth-order valence-electron chi connectivity index (χ4n) is 5.10. The molecule has 1 atom stereocenters. The number of fused-ring (bicyclic) bond motifs is 3. The number of carbonyl (C=O) groups excluding carboxylic acids is 3. The van der Waals surface area contributed by atoms with Gasteiger partial charge in [0.2, 0.25) is 5.91 Å². The lowest BCUT2D eigenvalue weighted by Crippen LogP contribution is -2.47. The number of nitrogens with zero attached hydrogens (tertiary/aromatic N) is 3. The summed E-state index contributed by atoms with van der Waals surface area (Å²) in [6.07, 6.45) is 2.97. The van der Waals surface area contributed by atoms with Gasteiger partial charge in [0.25, 0.3) is 0 Å². The lowest BCUT2D eigenvalue weighted by atomic mass is 9.95. The van der Waals surface area contributed by atoms with Crippen LogP contribution in [0.4, 0.5) is 4.79 Å². The molecule has 0 spiro atoms. The van der Waals surface area contributed by atoms with E-state index in [4.69, 9.17) is 14.0 Å². The quantitative estimate of drug-likeness (QED) is 0.366. The molecule has 0 saturated carbocycles. The molecule has 0 aliphatic carbocycles. The van der Waals surface area contributed by atoms with Gasteiger partial charge >= 0.3 is 6.09 Å². The minimum Gasteiger partial charge on any atom is -0.492 e. The molecule has 3 aromatic rings. The van der Waals surface area contributed by atoms with E-state index < -0.39 is 11.5 Å². The molecule has 40 heavy (non-hydrogen) atoms. The Hall–Kier alpha value is -3.66. The molecule has 0 bridgehead atoms. The number of hydrogen-bond donors (Lipinski definition) is 1. The van der Waals surface area contributed by atoms with Gasteiger partial charge in [0.15, 0.2) is 5.58 Å². The number of aldehydes is 1. The van der Waals surface area contributed by atoms with Crippen molar-refractivity contribution in [2.45, 2.75) is 64.0 Å².